The van der Waals surface area contributed by atoms with Crippen molar-refractivity contribution in [2.45, 2.75) is 32.1 Å². The fraction of sp³-hybridized carbons (Fsp3) is 0.833. The van der Waals surface area contributed by atoms with Gasteiger partial charge in [-0.1, -0.05) is 6.42 Å². The number of carbonyl (C=O) groups is 2. The Morgan fingerprint density at radius 2 is 2.06 bits per heavy atom. The number of carbonyl (C=O) groups excluding carboxylic acids is 2. The summed E-state index contributed by atoms with van der Waals surface area (Å²) in [6.07, 6.45) is 3.37. The minimum atomic E-state index is -0.604. The van der Waals surface area contributed by atoms with Gasteiger partial charge in [-0.05, 0) is 25.7 Å². The number of esters is 2. The molecule has 1 fully saturated rings. The molecule has 0 N–H and O–H groups in total. The minimum absolute atomic E-state index is 0.212. The van der Waals surface area contributed by atoms with Crippen LogP contribution >= 0.6 is 11.6 Å². The van der Waals surface area contributed by atoms with Gasteiger partial charge in [0, 0.05) is 5.88 Å². The Balaban J connectivity index is 2.83. The van der Waals surface area contributed by atoms with Gasteiger partial charge in [-0.15, -0.1) is 11.6 Å². The van der Waals surface area contributed by atoms with Crippen LogP contribution in [0.4, 0.5) is 0 Å². The molecule has 0 bridgehead atoms. The van der Waals surface area contributed by atoms with E-state index in [0.29, 0.717) is 18.7 Å². The van der Waals surface area contributed by atoms with Gasteiger partial charge < -0.3 is 9.47 Å². The van der Waals surface area contributed by atoms with Crippen LogP contribution < -0.4 is 0 Å². The molecule has 17 heavy (non-hydrogen) atoms. The average molecular weight is 263 g/mol. The lowest BCUT2D eigenvalue weighted by Gasteiger charge is -2.37. The summed E-state index contributed by atoms with van der Waals surface area (Å²) in [7, 11) is 2.75. The summed E-state index contributed by atoms with van der Waals surface area (Å²) >= 11 is 5.76. The molecule has 1 rings (SSSR count). The number of alkyl halides is 1. The Morgan fingerprint density at radius 3 is 2.59 bits per heavy atom. The molecule has 0 heterocycles. The van der Waals surface area contributed by atoms with Crippen LogP contribution in [0, 0.1) is 11.3 Å². The number of hydrogen-bond donors (Lipinski definition) is 0. The SMILES string of the molecule is COC(=O)[C@H]1CCC[C@](CCCl)(C(=O)OC)C1. The smallest absolute Gasteiger partial charge is 0.311 e. The van der Waals surface area contributed by atoms with E-state index in [2.05, 4.69) is 0 Å². The Hall–Kier alpha value is -0.770. The minimum Gasteiger partial charge on any atom is -0.469 e. The fourth-order valence-corrected chi connectivity index (χ4v) is 3.00. The molecule has 0 spiro atoms. The van der Waals surface area contributed by atoms with Crippen molar-refractivity contribution in [2.24, 2.45) is 11.3 Å². The third-order valence-electron chi connectivity index (χ3n) is 3.57. The van der Waals surface area contributed by atoms with Crippen molar-refractivity contribution < 1.29 is 19.1 Å². The topological polar surface area (TPSA) is 52.6 Å². The lowest BCUT2D eigenvalue weighted by atomic mass is 9.68. The molecule has 1 aliphatic carbocycles. The Morgan fingerprint density at radius 1 is 1.35 bits per heavy atom. The first-order valence-corrected chi connectivity index (χ1v) is 6.35. The van der Waals surface area contributed by atoms with Crippen LogP contribution in [0.15, 0.2) is 0 Å². The van der Waals surface area contributed by atoms with Crippen molar-refractivity contribution in [1.82, 2.24) is 0 Å². The third kappa shape index (κ3) is 3.12. The molecule has 4 nitrogen and oxygen atoms in total. The standard InChI is InChI=1S/C12H19ClO4/c1-16-10(14)9-4-3-5-12(8-9,6-7-13)11(15)17-2/h9H,3-8H2,1-2H3/t9-,12+/m0/s1. The molecule has 1 saturated carbocycles. The molecular formula is C12H19ClO4. The normalized spacial score (nSPS) is 28.5. The largest absolute Gasteiger partial charge is 0.469 e. The van der Waals surface area contributed by atoms with Gasteiger partial charge in [0.15, 0.2) is 0 Å². The van der Waals surface area contributed by atoms with Crippen molar-refractivity contribution in [3.63, 3.8) is 0 Å². The number of rotatable bonds is 4. The second-order valence-electron chi connectivity index (χ2n) is 4.53. The van der Waals surface area contributed by atoms with Crippen LogP contribution in [0.2, 0.25) is 0 Å². The number of halogens is 1. The Labute approximate surface area is 107 Å². The molecule has 0 aromatic carbocycles. The first-order valence-electron chi connectivity index (χ1n) is 5.82. The van der Waals surface area contributed by atoms with Gasteiger partial charge in [-0.25, -0.2) is 0 Å². The maximum atomic E-state index is 11.9. The van der Waals surface area contributed by atoms with Gasteiger partial charge in [0.1, 0.15) is 0 Å². The van der Waals surface area contributed by atoms with E-state index < -0.39 is 5.41 Å². The third-order valence-corrected chi connectivity index (χ3v) is 3.76. The summed E-state index contributed by atoms with van der Waals surface area (Å²) in [5.74, 6) is -0.321. The highest BCUT2D eigenvalue weighted by atomic mass is 35.5. The van der Waals surface area contributed by atoms with Crippen LogP contribution in [0.3, 0.4) is 0 Å². The van der Waals surface area contributed by atoms with Gasteiger partial charge in [-0.3, -0.25) is 9.59 Å². The summed E-state index contributed by atoms with van der Waals surface area (Å²) in [5, 5.41) is 0. The van der Waals surface area contributed by atoms with Crippen LogP contribution in [0.5, 0.6) is 0 Å². The van der Waals surface area contributed by atoms with E-state index in [1.165, 1.54) is 14.2 Å². The van der Waals surface area contributed by atoms with E-state index in [4.69, 9.17) is 21.1 Å². The summed E-state index contributed by atoms with van der Waals surface area (Å²) < 4.78 is 9.61. The monoisotopic (exact) mass is 262 g/mol. The fourth-order valence-electron chi connectivity index (χ4n) is 2.64. The van der Waals surface area contributed by atoms with Crippen molar-refractivity contribution in [1.29, 1.82) is 0 Å². The molecule has 0 aliphatic heterocycles. The van der Waals surface area contributed by atoms with Gasteiger partial charge in [0.2, 0.25) is 0 Å². The maximum Gasteiger partial charge on any atom is 0.311 e. The highest BCUT2D eigenvalue weighted by molar-refractivity contribution is 6.18. The second-order valence-corrected chi connectivity index (χ2v) is 4.91. The Kier molecular flexibility index (Phi) is 5.25. The highest BCUT2D eigenvalue weighted by Crippen LogP contribution is 2.43. The number of methoxy groups -OCH3 is 2. The predicted molar refractivity (Wildman–Crippen MR) is 63.8 cm³/mol. The van der Waals surface area contributed by atoms with Gasteiger partial charge >= 0.3 is 11.9 Å². The lowest BCUT2D eigenvalue weighted by molar-refractivity contribution is -0.160. The molecule has 5 heteroatoms. The molecule has 0 radical (unpaired) electrons. The summed E-state index contributed by atoms with van der Waals surface area (Å²) in [5.41, 5.74) is -0.604. The van der Waals surface area contributed by atoms with Crippen LogP contribution in [-0.4, -0.2) is 32.0 Å². The van der Waals surface area contributed by atoms with E-state index in [1.54, 1.807) is 0 Å². The van der Waals surface area contributed by atoms with Crippen molar-refractivity contribution in [2.75, 3.05) is 20.1 Å². The Bertz CT molecular complexity index is 288. The van der Waals surface area contributed by atoms with E-state index in [1.807, 2.05) is 0 Å². The predicted octanol–water partition coefficient (Wildman–Crippen LogP) is 2.14. The van der Waals surface area contributed by atoms with Gasteiger partial charge in [-0.2, -0.15) is 0 Å². The first kappa shape index (κ1) is 14.3. The molecule has 0 unspecified atom stereocenters. The highest BCUT2D eigenvalue weighted by Gasteiger charge is 2.45. The maximum absolute atomic E-state index is 11.9. The van der Waals surface area contributed by atoms with Crippen LogP contribution in [0.1, 0.15) is 32.1 Å². The molecule has 0 amide bonds. The summed E-state index contributed by atoms with van der Waals surface area (Å²) in [6, 6.07) is 0. The van der Waals surface area contributed by atoms with Crippen molar-refractivity contribution >= 4 is 23.5 Å². The first-order chi connectivity index (χ1) is 8.09. The van der Waals surface area contributed by atoms with Gasteiger partial charge in [0.05, 0.1) is 25.6 Å². The van der Waals surface area contributed by atoms with E-state index in [-0.39, 0.29) is 17.9 Å². The lowest BCUT2D eigenvalue weighted by Crippen LogP contribution is -2.40. The van der Waals surface area contributed by atoms with Crippen molar-refractivity contribution in [3.05, 3.63) is 0 Å². The van der Waals surface area contributed by atoms with Crippen LogP contribution in [-0.2, 0) is 19.1 Å². The summed E-state index contributed by atoms with van der Waals surface area (Å²) in [6.45, 7) is 0. The molecule has 0 aromatic rings. The average Bonchev–Trinajstić information content (AvgIpc) is 2.37. The van der Waals surface area contributed by atoms with Gasteiger partial charge in [0.25, 0.3) is 0 Å². The number of ether oxygens (including phenoxy) is 2. The second kappa shape index (κ2) is 6.24. The molecular weight excluding hydrogens is 244 g/mol. The van der Waals surface area contributed by atoms with E-state index in [9.17, 15) is 9.59 Å². The zero-order chi connectivity index (χ0) is 12.9. The van der Waals surface area contributed by atoms with Crippen molar-refractivity contribution in [3.8, 4) is 0 Å². The van der Waals surface area contributed by atoms with E-state index in [0.717, 1.165) is 19.3 Å². The summed E-state index contributed by atoms with van der Waals surface area (Å²) in [4.78, 5) is 23.5. The molecule has 0 aromatic heterocycles. The van der Waals surface area contributed by atoms with E-state index >= 15 is 0 Å². The number of hydrogen-bond acceptors (Lipinski definition) is 4. The molecule has 0 saturated heterocycles. The zero-order valence-corrected chi connectivity index (χ0v) is 11.1. The zero-order valence-electron chi connectivity index (χ0n) is 10.3. The van der Waals surface area contributed by atoms with Crippen LogP contribution in [0.25, 0.3) is 0 Å². The molecule has 2 atom stereocenters. The molecule has 1 aliphatic rings. The molecule has 98 valence electrons. The quantitative estimate of drug-likeness (QED) is 0.575.